The maximum absolute atomic E-state index is 9.29. The highest BCUT2D eigenvalue weighted by Crippen LogP contribution is 2.13. The Kier molecular flexibility index (Phi) is 6.77. The smallest absolute Gasteiger partial charge is 0.0705 e. The maximum atomic E-state index is 9.29. The molecule has 0 aliphatic rings. The average Bonchev–Trinajstić information content (AvgIpc) is 2.56. The Bertz CT molecular complexity index is 569. The van der Waals surface area contributed by atoms with Crippen LogP contribution in [0.5, 0.6) is 0 Å². The highest BCUT2D eigenvalue weighted by Gasteiger charge is 2.09. The van der Waals surface area contributed by atoms with Crippen molar-refractivity contribution in [2.75, 3.05) is 39.3 Å². The van der Waals surface area contributed by atoms with Crippen molar-refractivity contribution in [1.29, 1.82) is 0 Å². The Labute approximate surface area is 133 Å². The van der Waals surface area contributed by atoms with E-state index >= 15 is 0 Å². The van der Waals surface area contributed by atoms with E-state index in [2.05, 4.69) is 41.8 Å². The molecule has 0 aliphatic carbocycles. The average molecular weight is 301 g/mol. The summed E-state index contributed by atoms with van der Waals surface area (Å²) in [5, 5.41) is 10.5. The number of fused-ring (bicyclic) bond motifs is 1. The first-order chi connectivity index (χ1) is 10.8. The summed E-state index contributed by atoms with van der Waals surface area (Å²) in [4.78, 5) is 9.40. The minimum Gasteiger partial charge on any atom is -0.395 e. The van der Waals surface area contributed by atoms with Crippen LogP contribution in [-0.4, -0.2) is 59.2 Å². The molecule has 1 N–H and O–H groups in total. The zero-order chi connectivity index (χ0) is 15.8. The SMILES string of the molecule is CCN(CC)CCN(CCO)Cc1ccc2ccccc2n1. The molecule has 4 heteroatoms. The van der Waals surface area contributed by atoms with Gasteiger partial charge >= 0.3 is 0 Å². The van der Waals surface area contributed by atoms with Gasteiger partial charge in [0.05, 0.1) is 17.8 Å². The Balaban J connectivity index is 2.01. The zero-order valence-corrected chi connectivity index (χ0v) is 13.7. The lowest BCUT2D eigenvalue weighted by atomic mass is 10.2. The Morgan fingerprint density at radius 2 is 1.64 bits per heavy atom. The van der Waals surface area contributed by atoms with E-state index in [1.165, 1.54) is 5.39 Å². The van der Waals surface area contributed by atoms with Gasteiger partial charge in [0.2, 0.25) is 0 Å². The van der Waals surface area contributed by atoms with Crippen LogP contribution in [0, 0.1) is 0 Å². The van der Waals surface area contributed by atoms with Crippen LogP contribution >= 0.6 is 0 Å². The van der Waals surface area contributed by atoms with E-state index in [9.17, 15) is 5.11 Å². The quantitative estimate of drug-likeness (QED) is 0.772. The predicted octanol–water partition coefficient (Wildman–Crippen LogP) is 2.37. The predicted molar refractivity (Wildman–Crippen MR) is 91.9 cm³/mol. The third kappa shape index (κ3) is 4.77. The van der Waals surface area contributed by atoms with Gasteiger partial charge < -0.3 is 10.0 Å². The Morgan fingerprint density at radius 1 is 0.909 bits per heavy atom. The topological polar surface area (TPSA) is 39.6 Å². The van der Waals surface area contributed by atoms with E-state index in [1.807, 2.05) is 18.2 Å². The van der Waals surface area contributed by atoms with Crippen molar-refractivity contribution in [2.24, 2.45) is 0 Å². The molecule has 1 aromatic heterocycles. The summed E-state index contributed by atoms with van der Waals surface area (Å²) in [6.07, 6.45) is 0. The van der Waals surface area contributed by atoms with Crippen molar-refractivity contribution in [3.05, 3.63) is 42.1 Å². The molecule has 0 unspecified atom stereocenters. The number of nitrogens with zero attached hydrogens (tertiary/aromatic N) is 3. The molecule has 0 saturated carbocycles. The highest BCUT2D eigenvalue weighted by molar-refractivity contribution is 5.78. The van der Waals surface area contributed by atoms with E-state index in [4.69, 9.17) is 4.98 Å². The lowest BCUT2D eigenvalue weighted by molar-refractivity contribution is 0.166. The second-order valence-electron chi connectivity index (χ2n) is 5.52. The number of aliphatic hydroxyl groups is 1. The molecular formula is C18H27N3O. The van der Waals surface area contributed by atoms with Crippen LogP contribution in [0.25, 0.3) is 10.9 Å². The summed E-state index contributed by atoms with van der Waals surface area (Å²) >= 11 is 0. The second kappa shape index (κ2) is 8.83. The van der Waals surface area contributed by atoms with Gasteiger partial charge in [0.25, 0.3) is 0 Å². The van der Waals surface area contributed by atoms with Crippen LogP contribution in [0.15, 0.2) is 36.4 Å². The molecular weight excluding hydrogens is 274 g/mol. The molecule has 1 heterocycles. The largest absolute Gasteiger partial charge is 0.395 e. The van der Waals surface area contributed by atoms with Gasteiger partial charge in [0.1, 0.15) is 0 Å². The van der Waals surface area contributed by atoms with Crippen molar-refractivity contribution >= 4 is 10.9 Å². The molecule has 0 radical (unpaired) electrons. The first-order valence-electron chi connectivity index (χ1n) is 8.17. The van der Waals surface area contributed by atoms with Crippen LogP contribution in [-0.2, 0) is 6.54 Å². The Morgan fingerprint density at radius 3 is 2.36 bits per heavy atom. The molecule has 0 aliphatic heterocycles. The van der Waals surface area contributed by atoms with Crippen LogP contribution in [0.1, 0.15) is 19.5 Å². The number of aromatic nitrogens is 1. The lowest BCUT2D eigenvalue weighted by Gasteiger charge is -2.25. The Hall–Kier alpha value is -1.49. The standard InChI is InChI=1S/C18H27N3O/c1-3-20(4-2)11-12-21(13-14-22)15-17-10-9-16-7-5-6-8-18(16)19-17/h5-10,22H,3-4,11-15H2,1-2H3. The molecule has 0 bridgehead atoms. The van der Waals surface area contributed by atoms with E-state index in [0.717, 1.165) is 43.9 Å². The molecule has 0 amide bonds. The number of aliphatic hydroxyl groups excluding tert-OH is 1. The number of hydrogen-bond acceptors (Lipinski definition) is 4. The number of para-hydroxylation sites is 1. The fourth-order valence-electron chi connectivity index (χ4n) is 2.66. The minimum absolute atomic E-state index is 0.186. The third-order valence-corrected chi connectivity index (χ3v) is 4.08. The van der Waals surface area contributed by atoms with E-state index < -0.39 is 0 Å². The minimum atomic E-state index is 0.186. The summed E-state index contributed by atoms with van der Waals surface area (Å²) in [5.41, 5.74) is 2.10. The zero-order valence-electron chi connectivity index (χ0n) is 13.7. The number of benzene rings is 1. The van der Waals surface area contributed by atoms with Crippen LogP contribution in [0.3, 0.4) is 0 Å². The summed E-state index contributed by atoms with van der Waals surface area (Å²) < 4.78 is 0. The molecule has 2 rings (SSSR count). The molecule has 2 aromatic rings. The maximum Gasteiger partial charge on any atom is 0.0705 e. The summed E-state index contributed by atoms with van der Waals surface area (Å²) in [6, 6.07) is 12.4. The van der Waals surface area contributed by atoms with Gasteiger partial charge in [0, 0.05) is 31.6 Å². The summed E-state index contributed by atoms with van der Waals surface area (Å²) in [5.74, 6) is 0. The third-order valence-electron chi connectivity index (χ3n) is 4.08. The van der Waals surface area contributed by atoms with Gasteiger partial charge in [-0.05, 0) is 25.2 Å². The molecule has 1 aromatic carbocycles. The van der Waals surface area contributed by atoms with Gasteiger partial charge in [-0.25, -0.2) is 0 Å². The molecule has 22 heavy (non-hydrogen) atoms. The highest BCUT2D eigenvalue weighted by atomic mass is 16.3. The monoisotopic (exact) mass is 301 g/mol. The van der Waals surface area contributed by atoms with Crippen LogP contribution < -0.4 is 0 Å². The van der Waals surface area contributed by atoms with Crippen LogP contribution in [0.2, 0.25) is 0 Å². The number of rotatable bonds is 9. The molecule has 0 spiro atoms. The number of pyridine rings is 1. The molecule has 0 atom stereocenters. The molecule has 0 fully saturated rings. The van der Waals surface area contributed by atoms with Gasteiger partial charge in [-0.3, -0.25) is 9.88 Å². The number of likely N-dealkylation sites (N-methyl/N-ethyl adjacent to an activating group) is 1. The van der Waals surface area contributed by atoms with Crippen molar-refractivity contribution in [2.45, 2.75) is 20.4 Å². The van der Waals surface area contributed by atoms with E-state index in [-0.39, 0.29) is 6.61 Å². The van der Waals surface area contributed by atoms with Crippen molar-refractivity contribution < 1.29 is 5.11 Å². The van der Waals surface area contributed by atoms with Gasteiger partial charge in [-0.2, -0.15) is 0 Å². The van der Waals surface area contributed by atoms with E-state index in [0.29, 0.717) is 6.54 Å². The van der Waals surface area contributed by atoms with E-state index in [1.54, 1.807) is 0 Å². The normalized spacial score (nSPS) is 11.7. The van der Waals surface area contributed by atoms with Gasteiger partial charge in [0.15, 0.2) is 0 Å². The second-order valence-corrected chi connectivity index (χ2v) is 5.52. The first kappa shape index (κ1) is 16.9. The summed E-state index contributed by atoms with van der Waals surface area (Å²) in [6.45, 7) is 10.1. The van der Waals surface area contributed by atoms with Gasteiger partial charge in [-0.1, -0.05) is 38.1 Å². The summed E-state index contributed by atoms with van der Waals surface area (Å²) in [7, 11) is 0. The first-order valence-corrected chi connectivity index (χ1v) is 8.17. The lowest BCUT2D eigenvalue weighted by Crippen LogP contribution is -2.36. The fraction of sp³-hybridized carbons (Fsp3) is 0.500. The van der Waals surface area contributed by atoms with Gasteiger partial charge in [-0.15, -0.1) is 0 Å². The molecule has 120 valence electrons. The van der Waals surface area contributed by atoms with Crippen molar-refractivity contribution in [3.63, 3.8) is 0 Å². The molecule has 4 nitrogen and oxygen atoms in total. The van der Waals surface area contributed by atoms with Crippen molar-refractivity contribution in [3.8, 4) is 0 Å². The van der Waals surface area contributed by atoms with Crippen LogP contribution in [0.4, 0.5) is 0 Å². The van der Waals surface area contributed by atoms with Crippen molar-refractivity contribution in [1.82, 2.24) is 14.8 Å². The number of hydrogen-bond donors (Lipinski definition) is 1. The fourth-order valence-corrected chi connectivity index (χ4v) is 2.66. The molecule has 0 saturated heterocycles.